The van der Waals surface area contributed by atoms with Gasteiger partial charge in [-0.25, -0.2) is 0 Å². The lowest BCUT2D eigenvalue weighted by Gasteiger charge is -2.31. The average molecular weight is 351 g/mol. The number of hydrogen-bond acceptors (Lipinski definition) is 5. The number of ether oxygens (including phenoxy) is 2. The van der Waals surface area contributed by atoms with E-state index in [0.29, 0.717) is 28.4 Å². The van der Waals surface area contributed by atoms with Crippen molar-refractivity contribution in [3.63, 3.8) is 0 Å². The molecule has 1 aliphatic rings. The van der Waals surface area contributed by atoms with E-state index in [1.54, 1.807) is 43.3 Å². The summed E-state index contributed by atoms with van der Waals surface area (Å²) in [6.07, 6.45) is -0.851. The predicted octanol–water partition coefficient (Wildman–Crippen LogP) is 2.32. The molecular weight excluding hydrogens is 334 g/mol. The number of rotatable bonds is 4. The summed E-state index contributed by atoms with van der Waals surface area (Å²) >= 11 is 0. The Morgan fingerprint density at radius 2 is 2.04 bits per heavy atom. The summed E-state index contributed by atoms with van der Waals surface area (Å²) in [5.74, 6) is 0.0986. The zero-order valence-electron chi connectivity index (χ0n) is 14.4. The van der Waals surface area contributed by atoms with Crippen LogP contribution in [0.2, 0.25) is 0 Å². The maximum Gasteiger partial charge on any atom is 0.268 e. The van der Waals surface area contributed by atoms with Crippen LogP contribution in [0.1, 0.15) is 12.5 Å². The normalized spacial score (nSPS) is 13.9. The van der Waals surface area contributed by atoms with E-state index in [-0.39, 0.29) is 18.4 Å². The standard InChI is InChI=1S/C19H17N3O4/c1-12(26-16-8-7-13(10-20)9-17(16)25-2)19(24)22-11-18(23)21-14-5-3-4-6-15(14)22/h3-9,12H,11H2,1-2H3,(H,21,23)/t12-/m1/s1. The van der Waals surface area contributed by atoms with Crippen molar-refractivity contribution in [2.75, 3.05) is 23.9 Å². The highest BCUT2D eigenvalue weighted by atomic mass is 16.5. The van der Waals surface area contributed by atoms with E-state index < -0.39 is 6.10 Å². The van der Waals surface area contributed by atoms with Gasteiger partial charge in [0.2, 0.25) is 5.91 Å². The lowest BCUT2D eigenvalue weighted by Crippen LogP contribution is -2.47. The van der Waals surface area contributed by atoms with Crippen molar-refractivity contribution in [2.24, 2.45) is 0 Å². The van der Waals surface area contributed by atoms with Gasteiger partial charge >= 0.3 is 0 Å². The van der Waals surface area contributed by atoms with Crippen molar-refractivity contribution < 1.29 is 19.1 Å². The monoisotopic (exact) mass is 351 g/mol. The number of benzene rings is 2. The lowest BCUT2D eigenvalue weighted by molar-refractivity contribution is -0.126. The number of para-hydroxylation sites is 2. The molecule has 1 N–H and O–H groups in total. The number of nitrogens with zero attached hydrogens (tertiary/aromatic N) is 2. The number of fused-ring (bicyclic) bond motifs is 1. The Morgan fingerprint density at radius 3 is 2.77 bits per heavy atom. The summed E-state index contributed by atoms with van der Waals surface area (Å²) in [5, 5.41) is 11.7. The average Bonchev–Trinajstić information content (AvgIpc) is 2.66. The molecule has 2 aromatic rings. The Bertz CT molecular complexity index is 904. The van der Waals surface area contributed by atoms with E-state index in [0.717, 1.165) is 0 Å². The molecule has 26 heavy (non-hydrogen) atoms. The van der Waals surface area contributed by atoms with Crippen molar-refractivity contribution in [1.82, 2.24) is 0 Å². The van der Waals surface area contributed by atoms with E-state index >= 15 is 0 Å². The van der Waals surface area contributed by atoms with E-state index in [2.05, 4.69) is 5.32 Å². The van der Waals surface area contributed by atoms with Crippen LogP contribution in [0.5, 0.6) is 11.5 Å². The van der Waals surface area contributed by atoms with Gasteiger partial charge in [0.1, 0.15) is 6.54 Å². The van der Waals surface area contributed by atoms with Crippen LogP contribution in [-0.2, 0) is 9.59 Å². The maximum absolute atomic E-state index is 12.9. The number of amides is 2. The minimum absolute atomic E-state index is 0.0753. The van der Waals surface area contributed by atoms with Gasteiger partial charge in [0.25, 0.3) is 5.91 Å². The zero-order chi connectivity index (χ0) is 18.7. The van der Waals surface area contributed by atoms with Crippen LogP contribution in [0.3, 0.4) is 0 Å². The molecular formula is C19H17N3O4. The van der Waals surface area contributed by atoms with Crippen molar-refractivity contribution >= 4 is 23.2 Å². The topological polar surface area (TPSA) is 91.7 Å². The van der Waals surface area contributed by atoms with Gasteiger partial charge in [-0.1, -0.05) is 12.1 Å². The van der Waals surface area contributed by atoms with Crippen LogP contribution in [0.15, 0.2) is 42.5 Å². The third-order valence-corrected chi connectivity index (χ3v) is 3.98. The molecule has 1 heterocycles. The van der Waals surface area contributed by atoms with E-state index in [1.165, 1.54) is 18.1 Å². The second-order valence-electron chi connectivity index (χ2n) is 5.73. The molecule has 3 rings (SSSR count). The predicted molar refractivity (Wildman–Crippen MR) is 95.2 cm³/mol. The summed E-state index contributed by atoms with van der Waals surface area (Å²) in [5.41, 5.74) is 1.63. The summed E-state index contributed by atoms with van der Waals surface area (Å²) in [6.45, 7) is 1.53. The van der Waals surface area contributed by atoms with Gasteiger partial charge < -0.3 is 14.8 Å². The van der Waals surface area contributed by atoms with Gasteiger partial charge in [0.05, 0.1) is 30.1 Å². The molecule has 0 fully saturated rings. The smallest absolute Gasteiger partial charge is 0.268 e. The van der Waals surface area contributed by atoms with Crippen molar-refractivity contribution in [3.05, 3.63) is 48.0 Å². The first-order chi connectivity index (χ1) is 12.5. The molecule has 7 heteroatoms. The molecule has 0 saturated carbocycles. The highest BCUT2D eigenvalue weighted by Crippen LogP contribution is 2.32. The molecule has 0 spiro atoms. The molecule has 1 atom stereocenters. The maximum atomic E-state index is 12.9. The Hall–Kier alpha value is -3.53. The first-order valence-electron chi connectivity index (χ1n) is 7.98. The Morgan fingerprint density at radius 1 is 1.27 bits per heavy atom. The number of anilines is 2. The molecule has 0 aliphatic carbocycles. The second-order valence-corrected chi connectivity index (χ2v) is 5.73. The number of methoxy groups -OCH3 is 1. The molecule has 0 radical (unpaired) electrons. The van der Waals surface area contributed by atoms with Gasteiger partial charge in [-0.3, -0.25) is 14.5 Å². The van der Waals surface area contributed by atoms with E-state index in [9.17, 15) is 9.59 Å². The van der Waals surface area contributed by atoms with Gasteiger partial charge in [-0.05, 0) is 31.2 Å². The van der Waals surface area contributed by atoms with Crippen LogP contribution in [0.4, 0.5) is 11.4 Å². The number of nitriles is 1. The van der Waals surface area contributed by atoms with Gasteiger partial charge in [-0.15, -0.1) is 0 Å². The molecule has 132 valence electrons. The molecule has 0 aromatic heterocycles. The molecule has 0 bridgehead atoms. The highest BCUT2D eigenvalue weighted by Gasteiger charge is 2.30. The molecule has 2 aromatic carbocycles. The number of carbonyl (C=O) groups excluding carboxylic acids is 2. The van der Waals surface area contributed by atoms with Crippen LogP contribution in [0, 0.1) is 11.3 Å². The lowest BCUT2D eigenvalue weighted by atomic mass is 10.1. The Kier molecular flexibility index (Phi) is 4.76. The SMILES string of the molecule is COc1cc(C#N)ccc1O[C@H](C)C(=O)N1CC(=O)Nc2ccccc21. The van der Waals surface area contributed by atoms with Crippen molar-refractivity contribution in [1.29, 1.82) is 5.26 Å². The van der Waals surface area contributed by atoms with Gasteiger partial charge in [-0.2, -0.15) is 5.26 Å². The minimum atomic E-state index is -0.851. The van der Waals surface area contributed by atoms with Crippen LogP contribution < -0.4 is 19.7 Å². The van der Waals surface area contributed by atoms with Crippen molar-refractivity contribution in [2.45, 2.75) is 13.0 Å². The third kappa shape index (κ3) is 3.30. The summed E-state index contributed by atoms with van der Waals surface area (Å²) in [4.78, 5) is 26.2. The molecule has 0 unspecified atom stereocenters. The van der Waals surface area contributed by atoms with E-state index in [4.69, 9.17) is 14.7 Å². The molecule has 1 aliphatic heterocycles. The number of nitrogens with one attached hydrogen (secondary N) is 1. The fraction of sp³-hybridized carbons (Fsp3) is 0.211. The van der Waals surface area contributed by atoms with Crippen molar-refractivity contribution in [3.8, 4) is 17.6 Å². The summed E-state index contributed by atoms with van der Waals surface area (Å²) in [6, 6.07) is 13.8. The third-order valence-electron chi connectivity index (χ3n) is 3.98. The van der Waals surface area contributed by atoms with Gasteiger partial charge in [0.15, 0.2) is 17.6 Å². The molecule has 2 amide bonds. The zero-order valence-corrected chi connectivity index (χ0v) is 14.4. The molecule has 0 saturated heterocycles. The second kappa shape index (κ2) is 7.15. The minimum Gasteiger partial charge on any atom is -0.493 e. The fourth-order valence-electron chi connectivity index (χ4n) is 2.72. The summed E-state index contributed by atoms with van der Waals surface area (Å²) in [7, 11) is 1.46. The summed E-state index contributed by atoms with van der Waals surface area (Å²) < 4.78 is 11.0. The van der Waals surface area contributed by atoms with Crippen LogP contribution in [0.25, 0.3) is 0 Å². The number of hydrogen-bond donors (Lipinski definition) is 1. The Balaban J connectivity index is 1.83. The first kappa shape index (κ1) is 17.3. The van der Waals surface area contributed by atoms with E-state index in [1.807, 2.05) is 6.07 Å². The largest absolute Gasteiger partial charge is 0.493 e. The highest BCUT2D eigenvalue weighted by molar-refractivity contribution is 6.10. The quantitative estimate of drug-likeness (QED) is 0.913. The fourth-order valence-corrected chi connectivity index (χ4v) is 2.72. The molecule has 7 nitrogen and oxygen atoms in total. The first-order valence-corrected chi connectivity index (χ1v) is 7.98. The Labute approximate surface area is 150 Å². The van der Waals surface area contributed by atoms with Crippen LogP contribution >= 0.6 is 0 Å². The number of carbonyl (C=O) groups is 2. The van der Waals surface area contributed by atoms with Gasteiger partial charge in [0, 0.05) is 6.07 Å². The van der Waals surface area contributed by atoms with Crippen LogP contribution in [-0.4, -0.2) is 31.6 Å².